The van der Waals surface area contributed by atoms with Gasteiger partial charge in [0.1, 0.15) is 5.82 Å². The average molecular weight is 418 g/mol. The third-order valence-corrected chi connectivity index (χ3v) is 6.23. The van der Waals surface area contributed by atoms with Crippen molar-refractivity contribution in [3.63, 3.8) is 0 Å². The van der Waals surface area contributed by atoms with E-state index in [0.717, 1.165) is 36.1 Å². The first kappa shape index (κ1) is 21.2. The molecule has 0 unspecified atom stereocenters. The maximum atomic E-state index is 14.2. The Morgan fingerprint density at radius 2 is 1.77 bits per heavy atom. The first-order valence-electron chi connectivity index (χ1n) is 10.8. The highest BCUT2D eigenvalue weighted by molar-refractivity contribution is 5.83. The van der Waals surface area contributed by atoms with Crippen LogP contribution in [0.15, 0.2) is 73.1 Å². The fourth-order valence-electron chi connectivity index (χ4n) is 4.65. The zero-order valence-corrected chi connectivity index (χ0v) is 17.9. The molecule has 0 spiro atoms. The molecule has 1 atom stereocenters. The minimum atomic E-state index is -0.517. The van der Waals surface area contributed by atoms with Crippen LogP contribution in [-0.4, -0.2) is 35.9 Å². The van der Waals surface area contributed by atoms with Gasteiger partial charge in [0.15, 0.2) is 0 Å². The fourth-order valence-corrected chi connectivity index (χ4v) is 4.65. The summed E-state index contributed by atoms with van der Waals surface area (Å²) in [5, 5.41) is 2.88. The Labute approximate surface area is 183 Å². The van der Waals surface area contributed by atoms with Crippen LogP contribution in [0.4, 0.5) is 4.39 Å². The number of amides is 1. The highest BCUT2D eigenvalue weighted by Gasteiger charge is 2.41. The lowest BCUT2D eigenvalue weighted by atomic mass is 9.74. The van der Waals surface area contributed by atoms with E-state index in [1.165, 1.54) is 6.07 Å². The van der Waals surface area contributed by atoms with E-state index >= 15 is 0 Å². The van der Waals surface area contributed by atoms with E-state index in [1.807, 2.05) is 24.3 Å². The monoisotopic (exact) mass is 417 g/mol. The van der Waals surface area contributed by atoms with Crippen molar-refractivity contribution in [3.05, 3.63) is 90.0 Å². The number of nitrogens with one attached hydrogen (secondary N) is 1. The molecular formula is C26H28FN3O. The van der Waals surface area contributed by atoms with Crippen molar-refractivity contribution in [1.82, 2.24) is 15.2 Å². The molecule has 5 heteroatoms. The maximum absolute atomic E-state index is 14.2. The molecule has 2 aromatic carbocycles. The first-order chi connectivity index (χ1) is 15.1. The van der Waals surface area contributed by atoms with Gasteiger partial charge in [0, 0.05) is 38.1 Å². The predicted molar refractivity (Wildman–Crippen MR) is 121 cm³/mol. The molecule has 1 aliphatic heterocycles. The first-order valence-corrected chi connectivity index (χ1v) is 10.8. The van der Waals surface area contributed by atoms with Crippen molar-refractivity contribution in [2.24, 2.45) is 5.41 Å². The molecule has 1 aromatic heterocycles. The lowest BCUT2D eigenvalue weighted by Crippen LogP contribution is -2.52. The van der Waals surface area contributed by atoms with Crippen LogP contribution in [0.1, 0.15) is 24.0 Å². The second-order valence-electron chi connectivity index (χ2n) is 8.37. The van der Waals surface area contributed by atoms with E-state index in [0.29, 0.717) is 25.1 Å². The molecule has 31 heavy (non-hydrogen) atoms. The molecule has 1 aliphatic rings. The number of carbonyl (C=O) groups excluding carboxylic acids is 1. The lowest BCUT2D eigenvalue weighted by Gasteiger charge is -2.41. The van der Waals surface area contributed by atoms with Crippen molar-refractivity contribution in [2.45, 2.75) is 25.8 Å². The predicted octanol–water partition coefficient (Wildman–Crippen LogP) is 4.46. The molecule has 0 saturated carbocycles. The van der Waals surface area contributed by atoms with Crippen molar-refractivity contribution < 1.29 is 9.18 Å². The summed E-state index contributed by atoms with van der Waals surface area (Å²) in [5.41, 5.74) is 3.54. The minimum absolute atomic E-state index is 0.0592. The topological polar surface area (TPSA) is 45.2 Å². The summed E-state index contributed by atoms with van der Waals surface area (Å²) < 4.78 is 14.2. The fraction of sp³-hybridized carbons (Fsp3) is 0.308. The summed E-state index contributed by atoms with van der Waals surface area (Å²) >= 11 is 0. The smallest absolute Gasteiger partial charge is 0.227 e. The summed E-state index contributed by atoms with van der Waals surface area (Å²) in [6.45, 7) is 2.01. The molecule has 4 nitrogen and oxygen atoms in total. The third-order valence-electron chi connectivity index (χ3n) is 6.23. The number of pyridine rings is 1. The lowest BCUT2D eigenvalue weighted by molar-refractivity contribution is -0.134. The van der Waals surface area contributed by atoms with Crippen LogP contribution < -0.4 is 5.32 Å². The molecule has 0 bridgehead atoms. The molecule has 1 amide bonds. The normalized spacial score (nSPS) is 19.2. The number of halogens is 1. The zero-order chi connectivity index (χ0) is 21.7. The van der Waals surface area contributed by atoms with Crippen molar-refractivity contribution >= 4 is 5.91 Å². The third kappa shape index (κ3) is 4.83. The Hall–Kier alpha value is -3.05. The Morgan fingerprint density at radius 1 is 1.06 bits per heavy atom. The van der Waals surface area contributed by atoms with Gasteiger partial charge in [-0.2, -0.15) is 0 Å². The number of hydrogen-bond acceptors (Lipinski definition) is 3. The SMILES string of the molecule is CNC(=O)[C@]1(Cc2ccc(-c3ccncc3)cc2)CCCN(Cc2ccccc2F)C1. The second kappa shape index (κ2) is 9.40. The summed E-state index contributed by atoms with van der Waals surface area (Å²) in [6, 6.07) is 19.3. The molecular weight excluding hydrogens is 389 g/mol. The highest BCUT2D eigenvalue weighted by atomic mass is 19.1. The van der Waals surface area contributed by atoms with E-state index in [2.05, 4.69) is 39.5 Å². The van der Waals surface area contributed by atoms with Crippen LogP contribution in [0.2, 0.25) is 0 Å². The Bertz CT molecular complexity index is 1020. The van der Waals surface area contributed by atoms with E-state index in [-0.39, 0.29) is 11.7 Å². The number of nitrogens with zero attached hydrogens (tertiary/aromatic N) is 2. The van der Waals surface area contributed by atoms with Crippen molar-refractivity contribution in [2.75, 3.05) is 20.1 Å². The molecule has 160 valence electrons. The van der Waals surface area contributed by atoms with Gasteiger partial charge in [-0.3, -0.25) is 14.7 Å². The molecule has 1 N–H and O–H groups in total. The van der Waals surface area contributed by atoms with Gasteiger partial charge in [0.25, 0.3) is 0 Å². The Balaban J connectivity index is 1.53. The second-order valence-corrected chi connectivity index (χ2v) is 8.37. The Kier molecular flexibility index (Phi) is 6.42. The van der Waals surface area contributed by atoms with Gasteiger partial charge in [-0.15, -0.1) is 0 Å². The van der Waals surface area contributed by atoms with Crippen LogP contribution in [0.5, 0.6) is 0 Å². The maximum Gasteiger partial charge on any atom is 0.227 e. The number of piperidine rings is 1. The molecule has 0 aliphatic carbocycles. The van der Waals surface area contributed by atoms with E-state index < -0.39 is 5.41 Å². The molecule has 3 aromatic rings. The number of aromatic nitrogens is 1. The molecule has 4 rings (SSSR count). The number of hydrogen-bond donors (Lipinski definition) is 1. The van der Waals surface area contributed by atoms with Crippen LogP contribution in [0, 0.1) is 11.2 Å². The van der Waals surface area contributed by atoms with Crippen LogP contribution >= 0.6 is 0 Å². The summed E-state index contributed by atoms with van der Waals surface area (Å²) in [5.74, 6) is -0.130. The standard InChI is InChI=1S/C26H28FN3O/c1-28-25(31)26(13-4-16-30(19-26)18-23-5-2-3-6-24(23)27)17-20-7-9-21(10-8-20)22-11-14-29-15-12-22/h2-3,5-12,14-15H,4,13,16-19H2,1H3,(H,28,31)/t26-/m0/s1. The zero-order valence-electron chi connectivity index (χ0n) is 17.9. The van der Waals surface area contributed by atoms with Gasteiger partial charge in [-0.05, 0) is 60.7 Å². The summed E-state index contributed by atoms with van der Waals surface area (Å²) in [7, 11) is 1.70. The van der Waals surface area contributed by atoms with Gasteiger partial charge in [-0.25, -0.2) is 4.39 Å². The van der Waals surface area contributed by atoms with E-state index in [1.54, 1.807) is 25.5 Å². The quantitative estimate of drug-likeness (QED) is 0.644. The van der Waals surface area contributed by atoms with Crippen LogP contribution in [0.25, 0.3) is 11.1 Å². The molecule has 2 heterocycles. The number of carbonyl (C=O) groups is 1. The van der Waals surface area contributed by atoms with Gasteiger partial charge in [-0.1, -0.05) is 42.5 Å². The van der Waals surface area contributed by atoms with Crippen LogP contribution in [0.3, 0.4) is 0 Å². The largest absolute Gasteiger partial charge is 0.359 e. The molecule has 1 saturated heterocycles. The summed E-state index contributed by atoms with van der Waals surface area (Å²) in [6.07, 6.45) is 5.98. The Morgan fingerprint density at radius 3 is 2.48 bits per heavy atom. The summed E-state index contributed by atoms with van der Waals surface area (Å²) in [4.78, 5) is 19.3. The average Bonchev–Trinajstić information content (AvgIpc) is 2.81. The van der Waals surface area contributed by atoms with Gasteiger partial charge >= 0.3 is 0 Å². The van der Waals surface area contributed by atoms with E-state index in [9.17, 15) is 9.18 Å². The highest BCUT2D eigenvalue weighted by Crippen LogP contribution is 2.35. The molecule has 0 radical (unpaired) electrons. The van der Waals surface area contributed by atoms with Crippen molar-refractivity contribution in [3.8, 4) is 11.1 Å². The minimum Gasteiger partial charge on any atom is -0.359 e. The molecule has 1 fully saturated rings. The van der Waals surface area contributed by atoms with Crippen LogP contribution in [-0.2, 0) is 17.8 Å². The van der Waals surface area contributed by atoms with Gasteiger partial charge < -0.3 is 5.32 Å². The van der Waals surface area contributed by atoms with Gasteiger partial charge in [0.2, 0.25) is 5.91 Å². The van der Waals surface area contributed by atoms with Crippen molar-refractivity contribution in [1.29, 1.82) is 0 Å². The number of rotatable bonds is 6. The number of likely N-dealkylation sites (tertiary alicyclic amines) is 1. The van der Waals surface area contributed by atoms with Gasteiger partial charge in [0.05, 0.1) is 5.41 Å². The number of benzene rings is 2. The van der Waals surface area contributed by atoms with E-state index in [4.69, 9.17) is 0 Å².